The average Bonchev–Trinajstić information content (AvgIpc) is 2.50. The third-order valence-electron chi connectivity index (χ3n) is 3.46. The van der Waals surface area contributed by atoms with Crippen molar-refractivity contribution in [1.29, 1.82) is 0 Å². The zero-order valence-corrected chi connectivity index (χ0v) is 16.1. The topological polar surface area (TPSA) is 73.6 Å². The van der Waals surface area contributed by atoms with Gasteiger partial charge in [0.1, 0.15) is 0 Å². The van der Waals surface area contributed by atoms with E-state index in [0.29, 0.717) is 31.1 Å². The predicted molar refractivity (Wildman–Crippen MR) is 100 cm³/mol. The van der Waals surface area contributed by atoms with Crippen LogP contribution in [0.4, 0.5) is 0 Å². The smallest absolute Gasteiger partial charge is 0.220 e. The summed E-state index contributed by atoms with van der Waals surface area (Å²) in [6.45, 7) is 8.69. The first-order chi connectivity index (χ1) is 10.8. The number of methoxy groups -OCH3 is 1. The summed E-state index contributed by atoms with van der Waals surface area (Å²) in [7, 11) is 1.62. The van der Waals surface area contributed by atoms with Crippen molar-refractivity contribution in [1.82, 2.24) is 5.32 Å². The molecule has 0 bridgehead atoms. The van der Waals surface area contributed by atoms with Gasteiger partial charge in [-0.15, -0.1) is 12.4 Å². The molecule has 1 aromatic carbocycles. The molecule has 6 heteroatoms. The molecule has 0 saturated heterocycles. The first kappa shape index (κ1) is 22.5. The molecule has 3 N–H and O–H groups in total. The summed E-state index contributed by atoms with van der Waals surface area (Å²) in [5.74, 6) is 1.86. The highest BCUT2D eigenvalue weighted by Crippen LogP contribution is 2.30. The summed E-state index contributed by atoms with van der Waals surface area (Å²) >= 11 is 0. The van der Waals surface area contributed by atoms with E-state index in [9.17, 15) is 4.79 Å². The molecule has 5 nitrogen and oxygen atoms in total. The van der Waals surface area contributed by atoms with Crippen molar-refractivity contribution < 1.29 is 14.3 Å². The minimum atomic E-state index is -0.0939. The molecule has 0 aliphatic carbocycles. The molecule has 0 fully saturated rings. The molecule has 0 aliphatic rings. The number of halogens is 1. The van der Waals surface area contributed by atoms with Gasteiger partial charge in [0.15, 0.2) is 11.5 Å². The maximum atomic E-state index is 11.9. The number of amides is 1. The van der Waals surface area contributed by atoms with Crippen LogP contribution in [0.1, 0.15) is 52.1 Å². The lowest BCUT2D eigenvalue weighted by Gasteiger charge is -2.18. The van der Waals surface area contributed by atoms with E-state index in [0.717, 1.165) is 11.3 Å². The number of rotatable bonds is 9. The van der Waals surface area contributed by atoms with Gasteiger partial charge in [0.25, 0.3) is 0 Å². The summed E-state index contributed by atoms with van der Waals surface area (Å²) in [6, 6.07) is 5.69. The van der Waals surface area contributed by atoms with Gasteiger partial charge in [0, 0.05) is 12.5 Å². The van der Waals surface area contributed by atoms with E-state index in [1.54, 1.807) is 7.11 Å². The molecule has 1 aromatic rings. The van der Waals surface area contributed by atoms with Crippen molar-refractivity contribution >= 4 is 18.3 Å². The monoisotopic (exact) mass is 358 g/mol. The highest BCUT2D eigenvalue weighted by Gasteiger charge is 2.13. The Hall–Kier alpha value is -1.46. The van der Waals surface area contributed by atoms with Crippen LogP contribution in [0, 0.1) is 5.92 Å². The Kier molecular flexibility index (Phi) is 10.5. The van der Waals surface area contributed by atoms with Gasteiger partial charge in [-0.2, -0.15) is 0 Å². The number of ether oxygens (including phenoxy) is 2. The molecule has 0 heterocycles. The second-order valence-electron chi connectivity index (χ2n) is 6.42. The second-order valence-corrected chi connectivity index (χ2v) is 6.42. The standard InChI is InChI=1S/C18H30N2O3.ClH/c1-12(2)11-23-16-8-7-15(10-17(16)22-5)14(4)20-18(21)9-6-13(3)19;/h7-8,10,12-14H,6,9,11,19H2,1-5H3,(H,20,21);1H. The molecule has 0 aliphatic heterocycles. The molecular weight excluding hydrogens is 328 g/mol. The van der Waals surface area contributed by atoms with Crippen molar-refractivity contribution in [2.45, 2.75) is 52.6 Å². The fourth-order valence-electron chi connectivity index (χ4n) is 2.08. The number of carbonyl (C=O) groups excluding carboxylic acids is 1. The number of hydrogen-bond donors (Lipinski definition) is 2. The Morgan fingerprint density at radius 2 is 1.88 bits per heavy atom. The van der Waals surface area contributed by atoms with Gasteiger partial charge in [0.05, 0.1) is 19.8 Å². The van der Waals surface area contributed by atoms with Crippen molar-refractivity contribution in [2.24, 2.45) is 11.7 Å². The highest BCUT2D eigenvalue weighted by atomic mass is 35.5. The van der Waals surface area contributed by atoms with Gasteiger partial charge < -0.3 is 20.5 Å². The van der Waals surface area contributed by atoms with Crippen molar-refractivity contribution in [2.75, 3.05) is 13.7 Å². The van der Waals surface area contributed by atoms with Crippen LogP contribution in [0.2, 0.25) is 0 Å². The van der Waals surface area contributed by atoms with Crippen molar-refractivity contribution in [3.63, 3.8) is 0 Å². The van der Waals surface area contributed by atoms with Crippen LogP contribution in [-0.4, -0.2) is 25.7 Å². The minimum Gasteiger partial charge on any atom is -0.493 e. The third kappa shape index (κ3) is 7.88. The van der Waals surface area contributed by atoms with E-state index >= 15 is 0 Å². The Balaban J connectivity index is 0.00000529. The third-order valence-corrected chi connectivity index (χ3v) is 3.46. The zero-order chi connectivity index (χ0) is 17.4. The Bertz CT molecular complexity index is 507. The summed E-state index contributed by atoms with van der Waals surface area (Å²) in [5.41, 5.74) is 6.66. The fraction of sp³-hybridized carbons (Fsp3) is 0.611. The molecule has 2 unspecified atom stereocenters. The lowest BCUT2D eigenvalue weighted by Crippen LogP contribution is -2.28. The van der Waals surface area contributed by atoms with Gasteiger partial charge in [-0.25, -0.2) is 0 Å². The molecule has 2 atom stereocenters. The first-order valence-electron chi connectivity index (χ1n) is 8.19. The molecule has 1 rings (SSSR count). The predicted octanol–water partition coefficient (Wildman–Crippen LogP) is 3.46. The summed E-state index contributed by atoms with van der Waals surface area (Å²) in [4.78, 5) is 11.9. The molecular formula is C18H31ClN2O3. The van der Waals surface area contributed by atoms with Gasteiger partial charge in [-0.3, -0.25) is 4.79 Å². The quantitative estimate of drug-likeness (QED) is 0.709. The number of nitrogens with one attached hydrogen (secondary N) is 1. The van der Waals surface area contributed by atoms with Crippen LogP contribution in [0.5, 0.6) is 11.5 Å². The first-order valence-corrected chi connectivity index (χ1v) is 8.19. The largest absolute Gasteiger partial charge is 0.493 e. The lowest BCUT2D eigenvalue weighted by molar-refractivity contribution is -0.121. The summed E-state index contributed by atoms with van der Waals surface area (Å²) in [6.07, 6.45) is 1.12. The molecule has 0 radical (unpaired) electrons. The molecule has 0 spiro atoms. The lowest BCUT2D eigenvalue weighted by atomic mass is 10.1. The minimum absolute atomic E-state index is 0. The molecule has 138 valence electrons. The number of nitrogens with two attached hydrogens (primary N) is 1. The van der Waals surface area contributed by atoms with E-state index in [1.807, 2.05) is 32.0 Å². The summed E-state index contributed by atoms with van der Waals surface area (Å²) in [5, 5.41) is 2.98. The maximum absolute atomic E-state index is 11.9. The van der Waals surface area contributed by atoms with Gasteiger partial charge in [-0.05, 0) is 43.9 Å². The zero-order valence-electron chi connectivity index (χ0n) is 15.3. The number of hydrogen-bond acceptors (Lipinski definition) is 4. The molecule has 0 aromatic heterocycles. The van der Waals surface area contributed by atoms with Crippen LogP contribution in [-0.2, 0) is 4.79 Å². The highest BCUT2D eigenvalue weighted by molar-refractivity contribution is 5.85. The average molecular weight is 359 g/mol. The molecule has 24 heavy (non-hydrogen) atoms. The number of benzene rings is 1. The van der Waals surface area contributed by atoms with Crippen molar-refractivity contribution in [3.8, 4) is 11.5 Å². The van der Waals surface area contributed by atoms with Crippen LogP contribution >= 0.6 is 12.4 Å². The second kappa shape index (κ2) is 11.2. The van der Waals surface area contributed by atoms with Crippen LogP contribution < -0.4 is 20.5 Å². The van der Waals surface area contributed by atoms with Crippen LogP contribution in [0.3, 0.4) is 0 Å². The number of carbonyl (C=O) groups is 1. The van der Waals surface area contributed by atoms with Gasteiger partial charge in [0.2, 0.25) is 5.91 Å². The SMILES string of the molecule is COc1cc(C(C)NC(=O)CCC(C)N)ccc1OCC(C)C.Cl. The molecule has 0 saturated carbocycles. The van der Waals surface area contributed by atoms with E-state index in [1.165, 1.54) is 0 Å². The van der Waals surface area contributed by atoms with E-state index < -0.39 is 0 Å². The van der Waals surface area contributed by atoms with Gasteiger partial charge >= 0.3 is 0 Å². The fourth-order valence-corrected chi connectivity index (χ4v) is 2.08. The Morgan fingerprint density at radius 3 is 2.42 bits per heavy atom. The Morgan fingerprint density at radius 1 is 1.21 bits per heavy atom. The molecule has 1 amide bonds. The van der Waals surface area contributed by atoms with Crippen molar-refractivity contribution in [3.05, 3.63) is 23.8 Å². The normalized spacial score (nSPS) is 13.0. The van der Waals surface area contributed by atoms with Crippen LogP contribution in [0.25, 0.3) is 0 Å². The van der Waals surface area contributed by atoms with E-state index in [2.05, 4.69) is 19.2 Å². The van der Waals surface area contributed by atoms with Gasteiger partial charge in [-0.1, -0.05) is 19.9 Å². The van der Waals surface area contributed by atoms with E-state index in [4.69, 9.17) is 15.2 Å². The van der Waals surface area contributed by atoms with Crippen LogP contribution in [0.15, 0.2) is 18.2 Å². The van der Waals surface area contributed by atoms with E-state index in [-0.39, 0.29) is 30.4 Å². The maximum Gasteiger partial charge on any atom is 0.220 e. The Labute approximate surface area is 151 Å². The summed E-state index contributed by atoms with van der Waals surface area (Å²) < 4.78 is 11.1.